The minimum atomic E-state index is -0.653. The predicted molar refractivity (Wildman–Crippen MR) is 125 cm³/mol. The Balaban J connectivity index is 1.52. The summed E-state index contributed by atoms with van der Waals surface area (Å²) in [5.41, 5.74) is 9.59. The number of halogens is 2. The number of rotatable bonds is 7. The highest BCUT2D eigenvalue weighted by Crippen LogP contribution is 2.35. The van der Waals surface area contributed by atoms with Crippen LogP contribution in [0.2, 0.25) is 0 Å². The maximum absolute atomic E-state index is 13.5. The third-order valence-electron chi connectivity index (χ3n) is 6.11. The molecule has 2 heterocycles. The molecule has 0 unspecified atom stereocenters. The lowest BCUT2D eigenvalue weighted by molar-refractivity contribution is 0.100. The van der Waals surface area contributed by atoms with Crippen LogP contribution >= 0.6 is 0 Å². The van der Waals surface area contributed by atoms with Crippen LogP contribution in [-0.4, -0.2) is 34.1 Å². The number of carbonyl (C=O) groups excluding carboxylic acids is 1. The van der Waals surface area contributed by atoms with Crippen LogP contribution < -0.4 is 10.5 Å². The summed E-state index contributed by atoms with van der Waals surface area (Å²) in [5, 5.41) is 8.30. The Labute approximate surface area is 195 Å². The van der Waals surface area contributed by atoms with Gasteiger partial charge in [-0.15, -0.1) is 0 Å². The van der Waals surface area contributed by atoms with Gasteiger partial charge in [0.15, 0.2) is 0 Å². The van der Waals surface area contributed by atoms with Gasteiger partial charge >= 0.3 is 0 Å². The van der Waals surface area contributed by atoms with Gasteiger partial charge in [-0.25, -0.2) is 8.78 Å². The van der Waals surface area contributed by atoms with E-state index >= 15 is 0 Å². The standard InChI is InChI=1S/C26H24F2N4O2/c27-18-10-16(11-19(28)12-18)15-34-20-6-7-23-22(13-20)25(31-30-23)24-17(14-32-8-1-2-9-32)4-3-5-21(24)26(29)33/h3-7,10-13H,1-2,8-9,14-15H2,(H2,29,33)(H,30,31). The Hall–Kier alpha value is -3.78. The number of hydrogen-bond acceptors (Lipinski definition) is 4. The second-order valence-electron chi connectivity index (χ2n) is 8.53. The van der Waals surface area contributed by atoms with Gasteiger partial charge in [-0.1, -0.05) is 12.1 Å². The summed E-state index contributed by atoms with van der Waals surface area (Å²) in [6, 6.07) is 14.2. The normalized spacial score (nSPS) is 14.1. The zero-order valence-corrected chi connectivity index (χ0v) is 18.5. The van der Waals surface area contributed by atoms with Crippen LogP contribution in [0.25, 0.3) is 22.2 Å². The number of ether oxygens (including phenoxy) is 1. The largest absolute Gasteiger partial charge is 0.489 e. The van der Waals surface area contributed by atoms with E-state index in [4.69, 9.17) is 10.5 Å². The average molecular weight is 463 g/mol. The van der Waals surface area contributed by atoms with E-state index < -0.39 is 17.5 Å². The number of nitrogens with two attached hydrogens (primary N) is 1. The van der Waals surface area contributed by atoms with Crippen LogP contribution in [-0.2, 0) is 13.2 Å². The fourth-order valence-electron chi connectivity index (χ4n) is 4.53. The molecule has 0 atom stereocenters. The topological polar surface area (TPSA) is 84.2 Å². The Morgan fingerprint density at radius 1 is 1.06 bits per heavy atom. The number of hydrogen-bond donors (Lipinski definition) is 2. The van der Waals surface area contributed by atoms with Gasteiger partial charge in [0.2, 0.25) is 5.91 Å². The summed E-state index contributed by atoms with van der Waals surface area (Å²) in [7, 11) is 0. The number of H-pyrrole nitrogens is 1. The molecule has 1 amide bonds. The molecule has 0 saturated carbocycles. The lowest BCUT2D eigenvalue weighted by Crippen LogP contribution is -2.20. The second-order valence-corrected chi connectivity index (χ2v) is 8.53. The molecule has 0 radical (unpaired) electrons. The zero-order chi connectivity index (χ0) is 23.7. The van der Waals surface area contributed by atoms with Crippen molar-refractivity contribution in [1.29, 1.82) is 0 Å². The highest BCUT2D eigenvalue weighted by Gasteiger charge is 2.22. The molecule has 1 saturated heterocycles. The van der Waals surface area contributed by atoms with Crippen molar-refractivity contribution in [2.24, 2.45) is 5.73 Å². The van der Waals surface area contributed by atoms with E-state index in [1.165, 1.54) is 12.1 Å². The molecule has 0 bridgehead atoms. The fourth-order valence-corrected chi connectivity index (χ4v) is 4.53. The molecule has 1 aliphatic rings. The van der Waals surface area contributed by atoms with Crippen molar-refractivity contribution in [1.82, 2.24) is 15.1 Å². The minimum Gasteiger partial charge on any atom is -0.489 e. The lowest BCUT2D eigenvalue weighted by atomic mass is 9.95. The van der Waals surface area contributed by atoms with Crippen molar-refractivity contribution in [3.63, 3.8) is 0 Å². The smallest absolute Gasteiger partial charge is 0.249 e. The monoisotopic (exact) mass is 462 g/mol. The van der Waals surface area contributed by atoms with Gasteiger partial charge < -0.3 is 10.5 Å². The van der Waals surface area contributed by atoms with Crippen molar-refractivity contribution < 1.29 is 18.3 Å². The maximum Gasteiger partial charge on any atom is 0.249 e. The van der Waals surface area contributed by atoms with Crippen LogP contribution in [0, 0.1) is 11.6 Å². The third-order valence-corrected chi connectivity index (χ3v) is 6.11. The van der Waals surface area contributed by atoms with Crippen molar-refractivity contribution in [2.45, 2.75) is 26.0 Å². The highest BCUT2D eigenvalue weighted by atomic mass is 19.1. The van der Waals surface area contributed by atoms with Crippen molar-refractivity contribution in [3.05, 3.63) is 82.9 Å². The van der Waals surface area contributed by atoms with Gasteiger partial charge in [0.05, 0.1) is 5.52 Å². The first-order valence-electron chi connectivity index (χ1n) is 11.2. The average Bonchev–Trinajstić information content (AvgIpc) is 3.46. The van der Waals surface area contributed by atoms with E-state index in [0.29, 0.717) is 34.7 Å². The second kappa shape index (κ2) is 9.23. The number of benzene rings is 3. The van der Waals surface area contributed by atoms with E-state index in [1.54, 1.807) is 18.2 Å². The molecule has 4 aromatic rings. The highest BCUT2D eigenvalue weighted by molar-refractivity contribution is 6.05. The first-order valence-corrected chi connectivity index (χ1v) is 11.2. The Kier molecular flexibility index (Phi) is 5.98. The lowest BCUT2D eigenvalue weighted by Gasteiger charge is -2.18. The van der Waals surface area contributed by atoms with E-state index in [2.05, 4.69) is 15.1 Å². The molecule has 6 nitrogen and oxygen atoms in total. The number of amides is 1. The molecular formula is C26H24F2N4O2. The van der Waals surface area contributed by atoms with Crippen LogP contribution in [0.1, 0.15) is 34.3 Å². The number of nitrogens with zero attached hydrogens (tertiary/aromatic N) is 2. The van der Waals surface area contributed by atoms with Gasteiger partial charge in [-0.05, 0) is 73.5 Å². The summed E-state index contributed by atoms with van der Waals surface area (Å²) in [5.74, 6) is -1.31. The van der Waals surface area contributed by atoms with Gasteiger partial charge in [0, 0.05) is 29.1 Å². The number of aromatic amines is 1. The molecule has 1 aromatic heterocycles. The summed E-state index contributed by atoms with van der Waals surface area (Å²) in [6.45, 7) is 2.73. The molecule has 1 fully saturated rings. The Bertz CT molecular complexity index is 1340. The Morgan fingerprint density at radius 3 is 2.56 bits per heavy atom. The number of carbonyl (C=O) groups is 1. The molecule has 5 rings (SSSR count). The maximum atomic E-state index is 13.5. The van der Waals surface area contributed by atoms with Crippen LogP contribution in [0.5, 0.6) is 5.75 Å². The van der Waals surface area contributed by atoms with Crippen LogP contribution in [0.4, 0.5) is 8.78 Å². The van der Waals surface area contributed by atoms with Gasteiger partial charge in [-0.3, -0.25) is 14.8 Å². The molecular weight excluding hydrogens is 438 g/mol. The molecule has 1 aliphatic heterocycles. The predicted octanol–water partition coefficient (Wildman–Crippen LogP) is 4.78. The van der Waals surface area contributed by atoms with Crippen LogP contribution in [0.15, 0.2) is 54.6 Å². The van der Waals surface area contributed by atoms with E-state index in [9.17, 15) is 13.6 Å². The number of fused-ring (bicyclic) bond motifs is 1. The fraction of sp³-hybridized carbons (Fsp3) is 0.231. The van der Waals surface area contributed by atoms with Crippen molar-refractivity contribution >= 4 is 16.8 Å². The number of nitrogens with one attached hydrogen (secondary N) is 1. The van der Waals surface area contributed by atoms with Crippen molar-refractivity contribution in [3.8, 4) is 17.0 Å². The number of primary amides is 1. The van der Waals surface area contributed by atoms with Crippen molar-refractivity contribution in [2.75, 3.05) is 13.1 Å². The van der Waals surface area contributed by atoms with Gasteiger partial charge in [0.1, 0.15) is 29.7 Å². The Morgan fingerprint density at radius 2 is 1.82 bits per heavy atom. The molecule has 34 heavy (non-hydrogen) atoms. The summed E-state index contributed by atoms with van der Waals surface area (Å²) >= 11 is 0. The molecule has 0 aliphatic carbocycles. The minimum absolute atomic E-state index is 0.00541. The van der Waals surface area contributed by atoms with Gasteiger partial charge in [0.25, 0.3) is 0 Å². The first kappa shape index (κ1) is 22.0. The molecule has 174 valence electrons. The molecule has 8 heteroatoms. The summed E-state index contributed by atoms with van der Waals surface area (Å²) in [6.07, 6.45) is 2.32. The molecule has 3 N–H and O–H groups in total. The third kappa shape index (κ3) is 4.49. The molecule has 3 aromatic carbocycles. The summed E-state index contributed by atoms with van der Waals surface area (Å²) in [4.78, 5) is 14.7. The zero-order valence-electron chi connectivity index (χ0n) is 18.5. The van der Waals surface area contributed by atoms with Crippen LogP contribution in [0.3, 0.4) is 0 Å². The quantitative estimate of drug-likeness (QED) is 0.414. The first-order chi connectivity index (χ1) is 16.5. The number of likely N-dealkylation sites (tertiary alicyclic amines) is 1. The van der Waals surface area contributed by atoms with E-state index in [0.717, 1.165) is 48.5 Å². The SMILES string of the molecule is NC(=O)c1cccc(CN2CCCC2)c1-c1n[nH]c2ccc(OCc3cc(F)cc(F)c3)cc12. The summed E-state index contributed by atoms with van der Waals surface area (Å²) < 4.78 is 32.8. The van der Waals surface area contributed by atoms with E-state index in [-0.39, 0.29) is 6.61 Å². The van der Waals surface area contributed by atoms with E-state index in [1.807, 2.05) is 18.2 Å². The number of aromatic nitrogens is 2. The molecule has 0 spiro atoms. The van der Waals surface area contributed by atoms with Gasteiger partial charge in [-0.2, -0.15) is 5.10 Å².